The molecular weight excluding hydrogens is 226 g/mol. The fraction of sp³-hybridized carbons (Fsp3) is 0.714. The molecule has 0 fully saturated rings. The maximum Gasteiger partial charge on any atom is 0.232 e. The van der Waals surface area contributed by atoms with Gasteiger partial charge in [-0.2, -0.15) is 0 Å². The minimum Gasteiger partial charge on any atom is -0.476 e. The van der Waals surface area contributed by atoms with Crippen molar-refractivity contribution in [3.05, 3.63) is 18.1 Å². The number of hydrogen-bond donors (Lipinski definition) is 1. The Labute approximate surface area is 110 Å². The van der Waals surface area contributed by atoms with E-state index in [1.807, 2.05) is 0 Å². The zero-order valence-corrected chi connectivity index (χ0v) is 11.8. The van der Waals surface area contributed by atoms with Crippen molar-refractivity contribution in [2.45, 2.75) is 46.6 Å². The number of nitrogens with zero attached hydrogens (tertiary/aromatic N) is 2. The Hall–Kier alpha value is -1.16. The molecule has 4 heteroatoms. The van der Waals surface area contributed by atoms with Crippen molar-refractivity contribution in [2.75, 3.05) is 13.2 Å². The Morgan fingerprint density at radius 3 is 2.67 bits per heavy atom. The lowest BCUT2D eigenvalue weighted by molar-refractivity contribution is 0.242. The van der Waals surface area contributed by atoms with E-state index in [-0.39, 0.29) is 0 Å². The highest BCUT2D eigenvalue weighted by molar-refractivity contribution is 5.07. The van der Waals surface area contributed by atoms with Gasteiger partial charge in [-0.05, 0) is 25.3 Å². The summed E-state index contributed by atoms with van der Waals surface area (Å²) in [7, 11) is 0. The molecule has 1 aromatic rings. The molecule has 0 saturated heterocycles. The van der Waals surface area contributed by atoms with Crippen LogP contribution in [0.25, 0.3) is 0 Å². The van der Waals surface area contributed by atoms with Gasteiger partial charge in [-0.25, -0.2) is 4.98 Å². The normalized spacial score (nSPS) is 12.4. The minimum absolute atomic E-state index is 0.572. The van der Waals surface area contributed by atoms with Crippen LogP contribution < -0.4 is 10.1 Å². The zero-order chi connectivity index (χ0) is 13.2. The maximum absolute atomic E-state index is 5.61. The molecule has 0 bridgehead atoms. The van der Waals surface area contributed by atoms with Crippen molar-refractivity contribution in [3.8, 4) is 5.88 Å². The highest BCUT2D eigenvalue weighted by Crippen LogP contribution is 2.09. The third-order valence-corrected chi connectivity index (χ3v) is 2.71. The lowest BCUT2D eigenvalue weighted by atomic mass is 10.1. The van der Waals surface area contributed by atoms with Gasteiger partial charge < -0.3 is 10.1 Å². The number of hydrogen-bond acceptors (Lipinski definition) is 4. The van der Waals surface area contributed by atoms with E-state index in [0.29, 0.717) is 11.8 Å². The van der Waals surface area contributed by atoms with E-state index in [2.05, 4.69) is 36.1 Å². The van der Waals surface area contributed by atoms with E-state index < -0.39 is 0 Å². The summed E-state index contributed by atoms with van der Waals surface area (Å²) in [5.74, 6) is 1.19. The molecule has 18 heavy (non-hydrogen) atoms. The Morgan fingerprint density at radius 2 is 2.06 bits per heavy atom. The summed E-state index contributed by atoms with van der Waals surface area (Å²) in [5.41, 5.74) is 0.956. The molecule has 1 N–H and O–H groups in total. The Bertz CT molecular complexity index is 313. The average molecular weight is 251 g/mol. The van der Waals surface area contributed by atoms with Crippen molar-refractivity contribution in [1.82, 2.24) is 15.3 Å². The van der Waals surface area contributed by atoms with Crippen LogP contribution in [0.1, 0.15) is 45.7 Å². The van der Waals surface area contributed by atoms with Gasteiger partial charge in [0.2, 0.25) is 5.88 Å². The Balaban J connectivity index is 2.31. The number of ether oxygens (including phenoxy) is 1. The number of aromatic nitrogens is 2. The molecule has 0 aliphatic rings. The standard InChI is InChI=1S/C14H25N3O/c1-4-6-12(3)11-18-14-10-16-13(9-17-14)8-15-7-5-2/h9-10,12,15H,4-8,11H2,1-3H3. The van der Waals surface area contributed by atoms with Gasteiger partial charge in [0.05, 0.1) is 24.7 Å². The summed E-state index contributed by atoms with van der Waals surface area (Å²) in [4.78, 5) is 8.59. The zero-order valence-electron chi connectivity index (χ0n) is 11.8. The molecule has 0 saturated carbocycles. The van der Waals surface area contributed by atoms with Gasteiger partial charge >= 0.3 is 0 Å². The van der Waals surface area contributed by atoms with Crippen LogP contribution in [0.15, 0.2) is 12.4 Å². The summed E-state index contributed by atoms with van der Waals surface area (Å²) < 4.78 is 5.61. The summed E-state index contributed by atoms with van der Waals surface area (Å²) in [6.45, 7) is 9.03. The van der Waals surface area contributed by atoms with Crippen LogP contribution >= 0.6 is 0 Å². The van der Waals surface area contributed by atoms with Gasteiger partial charge in [0.1, 0.15) is 0 Å². The predicted molar refractivity (Wildman–Crippen MR) is 73.6 cm³/mol. The molecule has 0 aromatic carbocycles. The second kappa shape index (κ2) is 8.86. The van der Waals surface area contributed by atoms with Gasteiger partial charge in [-0.1, -0.05) is 27.2 Å². The fourth-order valence-corrected chi connectivity index (χ4v) is 1.71. The third kappa shape index (κ3) is 5.96. The van der Waals surface area contributed by atoms with Crippen LogP contribution in [-0.4, -0.2) is 23.1 Å². The smallest absolute Gasteiger partial charge is 0.232 e. The predicted octanol–water partition coefficient (Wildman–Crippen LogP) is 2.79. The molecule has 0 radical (unpaired) electrons. The van der Waals surface area contributed by atoms with Crippen molar-refractivity contribution in [3.63, 3.8) is 0 Å². The number of nitrogens with one attached hydrogen (secondary N) is 1. The molecule has 1 unspecified atom stereocenters. The molecule has 1 aromatic heterocycles. The molecule has 1 heterocycles. The largest absolute Gasteiger partial charge is 0.476 e. The summed E-state index contributed by atoms with van der Waals surface area (Å²) in [5, 5.41) is 3.29. The molecule has 102 valence electrons. The first-order valence-corrected chi connectivity index (χ1v) is 6.90. The molecular formula is C14H25N3O. The molecule has 4 nitrogen and oxygen atoms in total. The summed E-state index contributed by atoms with van der Waals surface area (Å²) >= 11 is 0. The van der Waals surface area contributed by atoms with E-state index in [4.69, 9.17) is 4.74 Å². The van der Waals surface area contributed by atoms with Crippen LogP contribution in [0.2, 0.25) is 0 Å². The molecule has 0 aliphatic carbocycles. The molecule has 0 aliphatic heterocycles. The lowest BCUT2D eigenvalue weighted by Gasteiger charge is -2.11. The molecule has 0 amide bonds. The molecule has 0 spiro atoms. The summed E-state index contributed by atoms with van der Waals surface area (Å²) in [6, 6.07) is 0. The number of rotatable bonds is 9. The highest BCUT2D eigenvalue weighted by Gasteiger charge is 2.03. The van der Waals surface area contributed by atoms with Crippen LogP contribution in [0.4, 0.5) is 0 Å². The van der Waals surface area contributed by atoms with Crippen molar-refractivity contribution in [1.29, 1.82) is 0 Å². The van der Waals surface area contributed by atoms with Crippen LogP contribution in [0.3, 0.4) is 0 Å². The first-order valence-electron chi connectivity index (χ1n) is 6.90. The quantitative estimate of drug-likeness (QED) is 0.686. The minimum atomic E-state index is 0.572. The van der Waals surface area contributed by atoms with E-state index in [1.54, 1.807) is 12.4 Å². The topological polar surface area (TPSA) is 47.0 Å². The van der Waals surface area contributed by atoms with Crippen LogP contribution in [0.5, 0.6) is 5.88 Å². The lowest BCUT2D eigenvalue weighted by Crippen LogP contribution is -2.15. The molecule has 1 atom stereocenters. The van der Waals surface area contributed by atoms with E-state index in [0.717, 1.165) is 31.8 Å². The van der Waals surface area contributed by atoms with E-state index in [1.165, 1.54) is 12.8 Å². The Kier molecular flexibility index (Phi) is 7.34. The first-order chi connectivity index (χ1) is 8.76. The molecule has 1 rings (SSSR count). The van der Waals surface area contributed by atoms with Gasteiger partial charge in [-0.15, -0.1) is 0 Å². The van der Waals surface area contributed by atoms with Gasteiger partial charge in [0.15, 0.2) is 0 Å². The van der Waals surface area contributed by atoms with Crippen molar-refractivity contribution < 1.29 is 4.74 Å². The SMILES string of the molecule is CCCNCc1cnc(OCC(C)CCC)cn1. The summed E-state index contributed by atoms with van der Waals surface area (Å²) in [6.07, 6.45) is 7.00. The van der Waals surface area contributed by atoms with E-state index in [9.17, 15) is 0 Å². The Morgan fingerprint density at radius 1 is 1.22 bits per heavy atom. The van der Waals surface area contributed by atoms with Crippen LogP contribution in [0, 0.1) is 5.92 Å². The monoisotopic (exact) mass is 251 g/mol. The van der Waals surface area contributed by atoms with Gasteiger partial charge in [-0.3, -0.25) is 4.98 Å². The highest BCUT2D eigenvalue weighted by atomic mass is 16.5. The van der Waals surface area contributed by atoms with Crippen molar-refractivity contribution in [2.24, 2.45) is 5.92 Å². The maximum atomic E-state index is 5.61. The van der Waals surface area contributed by atoms with Gasteiger partial charge in [0, 0.05) is 6.54 Å². The fourth-order valence-electron chi connectivity index (χ4n) is 1.71. The van der Waals surface area contributed by atoms with E-state index >= 15 is 0 Å². The first kappa shape index (κ1) is 14.9. The van der Waals surface area contributed by atoms with Gasteiger partial charge in [0.25, 0.3) is 0 Å². The third-order valence-electron chi connectivity index (χ3n) is 2.71. The second-order valence-electron chi connectivity index (χ2n) is 4.73. The average Bonchev–Trinajstić information content (AvgIpc) is 2.38. The van der Waals surface area contributed by atoms with Crippen LogP contribution in [-0.2, 0) is 6.54 Å². The van der Waals surface area contributed by atoms with Crippen molar-refractivity contribution >= 4 is 0 Å². The second-order valence-corrected chi connectivity index (χ2v) is 4.73.